The first-order chi connectivity index (χ1) is 7.63. The van der Waals surface area contributed by atoms with Crippen LogP contribution in [0.2, 0.25) is 0 Å². The molecular weight excluding hydrogens is 204 g/mol. The number of piperidine rings is 1. The second kappa shape index (κ2) is 6.86. The summed E-state index contributed by atoms with van der Waals surface area (Å²) >= 11 is 0. The van der Waals surface area contributed by atoms with Crippen LogP contribution in [0.1, 0.15) is 26.2 Å². The SMILES string of the molecule is COC(=O)CCNC(C)C1CCN(C)CC1. The van der Waals surface area contributed by atoms with Crippen LogP contribution in [0.4, 0.5) is 0 Å². The van der Waals surface area contributed by atoms with Crippen molar-refractivity contribution in [3.05, 3.63) is 0 Å². The van der Waals surface area contributed by atoms with Gasteiger partial charge in [-0.05, 0) is 45.8 Å². The number of nitrogens with zero attached hydrogens (tertiary/aromatic N) is 1. The molecule has 1 aliphatic rings. The quantitative estimate of drug-likeness (QED) is 0.709. The summed E-state index contributed by atoms with van der Waals surface area (Å²) in [4.78, 5) is 13.3. The summed E-state index contributed by atoms with van der Waals surface area (Å²) in [6.45, 7) is 5.31. The fourth-order valence-electron chi connectivity index (χ4n) is 2.20. The molecule has 1 unspecified atom stereocenters. The minimum atomic E-state index is -0.136. The van der Waals surface area contributed by atoms with Crippen molar-refractivity contribution >= 4 is 5.97 Å². The lowest BCUT2D eigenvalue weighted by molar-refractivity contribution is -0.140. The average Bonchev–Trinajstić information content (AvgIpc) is 2.29. The molecule has 1 heterocycles. The molecule has 1 aliphatic heterocycles. The van der Waals surface area contributed by atoms with Crippen molar-refractivity contribution in [1.82, 2.24) is 10.2 Å². The fourth-order valence-corrected chi connectivity index (χ4v) is 2.20. The third-order valence-electron chi connectivity index (χ3n) is 3.49. The molecule has 4 nitrogen and oxygen atoms in total. The first-order valence-corrected chi connectivity index (χ1v) is 6.12. The molecule has 0 aromatic rings. The molecule has 1 atom stereocenters. The number of likely N-dealkylation sites (tertiary alicyclic amines) is 1. The fraction of sp³-hybridized carbons (Fsp3) is 0.917. The van der Waals surface area contributed by atoms with Gasteiger partial charge < -0.3 is 15.0 Å². The zero-order chi connectivity index (χ0) is 12.0. The number of hydrogen-bond donors (Lipinski definition) is 1. The van der Waals surface area contributed by atoms with Crippen LogP contribution in [0.25, 0.3) is 0 Å². The number of carbonyl (C=O) groups excluding carboxylic acids is 1. The van der Waals surface area contributed by atoms with Gasteiger partial charge in [-0.15, -0.1) is 0 Å². The molecule has 94 valence electrons. The Hall–Kier alpha value is -0.610. The molecule has 1 N–H and O–H groups in total. The van der Waals surface area contributed by atoms with Crippen molar-refractivity contribution in [3.63, 3.8) is 0 Å². The monoisotopic (exact) mass is 228 g/mol. The highest BCUT2D eigenvalue weighted by molar-refractivity contribution is 5.69. The molecule has 16 heavy (non-hydrogen) atoms. The van der Waals surface area contributed by atoms with E-state index in [1.807, 2.05) is 0 Å². The van der Waals surface area contributed by atoms with Crippen LogP contribution in [0, 0.1) is 5.92 Å². The van der Waals surface area contributed by atoms with Crippen LogP contribution in [0.3, 0.4) is 0 Å². The van der Waals surface area contributed by atoms with E-state index in [0.29, 0.717) is 12.5 Å². The van der Waals surface area contributed by atoms with Gasteiger partial charge in [0.2, 0.25) is 0 Å². The number of esters is 1. The molecule has 0 amide bonds. The summed E-state index contributed by atoms with van der Waals surface area (Å²) in [5, 5.41) is 3.41. The molecule has 0 saturated carbocycles. The van der Waals surface area contributed by atoms with E-state index in [0.717, 1.165) is 12.5 Å². The number of ether oxygens (including phenoxy) is 1. The molecule has 0 aromatic carbocycles. The maximum Gasteiger partial charge on any atom is 0.306 e. The van der Waals surface area contributed by atoms with E-state index in [1.54, 1.807) is 0 Å². The highest BCUT2D eigenvalue weighted by Gasteiger charge is 2.21. The van der Waals surface area contributed by atoms with Crippen LogP contribution in [-0.4, -0.2) is 50.7 Å². The molecule has 4 heteroatoms. The van der Waals surface area contributed by atoms with E-state index < -0.39 is 0 Å². The first-order valence-electron chi connectivity index (χ1n) is 6.12. The van der Waals surface area contributed by atoms with Gasteiger partial charge in [-0.1, -0.05) is 0 Å². The Morgan fingerprint density at radius 3 is 2.69 bits per heavy atom. The number of nitrogens with one attached hydrogen (secondary N) is 1. The van der Waals surface area contributed by atoms with Gasteiger partial charge in [0.25, 0.3) is 0 Å². The van der Waals surface area contributed by atoms with Crippen molar-refractivity contribution in [1.29, 1.82) is 0 Å². The van der Waals surface area contributed by atoms with Gasteiger partial charge in [0.1, 0.15) is 0 Å². The smallest absolute Gasteiger partial charge is 0.306 e. The minimum absolute atomic E-state index is 0.136. The Balaban J connectivity index is 2.14. The summed E-state index contributed by atoms with van der Waals surface area (Å²) in [6.07, 6.45) is 2.97. The summed E-state index contributed by atoms with van der Waals surface area (Å²) in [7, 11) is 3.61. The van der Waals surface area contributed by atoms with Crippen molar-refractivity contribution in [2.24, 2.45) is 5.92 Å². The standard InChI is InChI=1S/C12H24N2O2/c1-10(13-7-4-12(15)16-3)11-5-8-14(2)9-6-11/h10-11,13H,4-9H2,1-3H3. The van der Waals surface area contributed by atoms with Gasteiger partial charge >= 0.3 is 5.97 Å². The van der Waals surface area contributed by atoms with Crippen LogP contribution < -0.4 is 5.32 Å². The zero-order valence-corrected chi connectivity index (χ0v) is 10.7. The summed E-state index contributed by atoms with van der Waals surface area (Å²) < 4.78 is 4.61. The zero-order valence-electron chi connectivity index (χ0n) is 10.7. The normalized spacial score (nSPS) is 20.7. The van der Waals surface area contributed by atoms with E-state index in [2.05, 4.69) is 28.9 Å². The molecular formula is C12H24N2O2. The third kappa shape index (κ3) is 4.49. The maximum atomic E-state index is 10.9. The summed E-state index contributed by atoms with van der Waals surface area (Å²) in [5.74, 6) is 0.608. The Labute approximate surface area is 98.3 Å². The Morgan fingerprint density at radius 1 is 1.50 bits per heavy atom. The van der Waals surface area contributed by atoms with Crippen molar-refractivity contribution in [2.45, 2.75) is 32.2 Å². The average molecular weight is 228 g/mol. The Kier molecular flexibility index (Phi) is 5.77. The second-order valence-electron chi connectivity index (χ2n) is 4.71. The topological polar surface area (TPSA) is 41.6 Å². The molecule has 0 aliphatic carbocycles. The second-order valence-corrected chi connectivity index (χ2v) is 4.71. The van der Waals surface area contributed by atoms with Gasteiger partial charge in [-0.25, -0.2) is 0 Å². The van der Waals surface area contributed by atoms with E-state index in [4.69, 9.17) is 0 Å². The van der Waals surface area contributed by atoms with Crippen LogP contribution in [0.5, 0.6) is 0 Å². The predicted molar refractivity (Wildman–Crippen MR) is 64.3 cm³/mol. The highest BCUT2D eigenvalue weighted by Crippen LogP contribution is 2.19. The Morgan fingerprint density at radius 2 is 2.12 bits per heavy atom. The molecule has 0 bridgehead atoms. The molecule has 1 fully saturated rings. The van der Waals surface area contributed by atoms with Gasteiger partial charge in [0.05, 0.1) is 13.5 Å². The van der Waals surface area contributed by atoms with Crippen molar-refractivity contribution in [2.75, 3.05) is 33.8 Å². The lowest BCUT2D eigenvalue weighted by atomic mass is 9.90. The molecule has 0 aromatic heterocycles. The predicted octanol–water partition coefficient (Wildman–Crippen LogP) is 0.869. The van der Waals surface area contributed by atoms with E-state index >= 15 is 0 Å². The van der Waals surface area contributed by atoms with E-state index in [-0.39, 0.29) is 5.97 Å². The lowest BCUT2D eigenvalue weighted by Gasteiger charge is -2.33. The largest absolute Gasteiger partial charge is 0.469 e. The van der Waals surface area contributed by atoms with Crippen LogP contribution in [-0.2, 0) is 9.53 Å². The maximum absolute atomic E-state index is 10.9. The highest BCUT2D eigenvalue weighted by atomic mass is 16.5. The van der Waals surface area contributed by atoms with Gasteiger partial charge in [0, 0.05) is 12.6 Å². The molecule has 0 spiro atoms. The minimum Gasteiger partial charge on any atom is -0.469 e. The van der Waals surface area contributed by atoms with E-state index in [1.165, 1.54) is 33.0 Å². The lowest BCUT2D eigenvalue weighted by Crippen LogP contribution is -2.41. The summed E-state index contributed by atoms with van der Waals surface area (Å²) in [6, 6.07) is 0.498. The van der Waals surface area contributed by atoms with Gasteiger partial charge in [-0.2, -0.15) is 0 Å². The van der Waals surface area contributed by atoms with Crippen LogP contribution >= 0.6 is 0 Å². The van der Waals surface area contributed by atoms with E-state index in [9.17, 15) is 4.79 Å². The third-order valence-corrected chi connectivity index (χ3v) is 3.49. The molecule has 1 saturated heterocycles. The molecule has 0 radical (unpaired) electrons. The van der Waals surface area contributed by atoms with Crippen molar-refractivity contribution < 1.29 is 9.53 Å². The number of methoxy groups -OCH3 is 1. The molecule has 1 rings (SSSR count). The van der Waals surface area contributed by atoms with Gasteiger partial charge in [0.15, 0.2) is 0 Å². The van der Waals surface area contributed by atoms with Crippen LogP contribution in [0.15, 0.2) is 0 Å². The Bertz CT molecular complexity index is 213. The number of carbonyl (C=O) groups is 1. The number of rotatable bonds is 5. The summed E-state index contributed by atoms with van der Waals surface area (Å²) in [5.41, 5.74) is 0. The number of hydrogen-bond acceptors (Lipinski definition) is 4. The first kappa shape index (κ1) is 13.5. The van der Waals surface area contributed by atoms with Crippen molar-refractivity contribution in [3.8, 4) is 0 Å². The van der Waals surface area contributed by atoms with Gasteiger partial charge in [-0.3, -0.25) is 4.79 Å².